The van der Waals surface area contributed by atoms with Crippen LogP contribution in [0, 0.1) is 11.8 Å². The van der Waals surface area contributed by atoms with Crippen molar-refractivity contribution < 1.29 is 13.2 Å². The SMILES string of the molecule is CC1CCC(Oc2ncccc2S(N)(=O)=O)CC1C. The minimum Gasteiger partial charge on any atom is -0.473 e. The molecule has 19 heavy (non-hydrogen) atoms. The summed E-state index contributed by atoms with van der Waals surface area (Å²) in [5, 5.41) is 5.16. The Bertz CT molecular complexity index is 545. The van der Waals surface area contributed by atoms with Crippen molar-refractivity contribution in [2.75, 3.05) is 0 Å². The van der Waals surface area contributed by atoms with E-state index in [1.54, 1.807) is 0 Å². The van der Waals surface area contributed by atoms with Crippen molar-refractivity contribution in [2.24, 2.45) is 17.0 Å². The maximum absolute atomic E-state index is 11.5. The van der Waals surface area contributed by atoms with E-state index in [0.29, 0.717) is 11.8 Å². The normalized spacial score (nSPS) is 28.1. The zero-order chi connectivity index (χ0) is 14.0. The van der Waals surface area contributed by atoms with E-state index in [-0.39, 0.29) is 16.9 Å². The zero-order valence-electron chi connectivity index (χ0n) is 11.2. The molecule has 1 aliphatic rings. The lowest BCUT2D eigenvalue weighted by Crippen LogP contribution is -2.29. The van der Waals surface area contributed by atoms with E-state index in [9.17, 15) is 8.42 Å². The summed E-state index contributed by atoms with van der Waals surface area (Å²) in [6.45, 7) is 4.43. The fourth-order valence-electron chi connectivity index (χ4n) is 2.44. The minimum atomic E-state index is -3.80. The monoisotopic (exact) mass is 284 g/mol. The van der Waals surface area contributed by atoms with Crippen molar-refractivity contribution in [3.63, 3.8) is 0 Å². The topological polar surface area (TPSA) is 82.3 Å². The number of primary sulfonamides is 1. The van der Waals surface area contributed by atoms with Gasteiger partial charge in [-0.05, 0) is 43.2 Å². The van der Waals surface area contributed by atoms with Crippen molar-refractivity contribution >= 4 is 10.0 Å². The van der Waals surface area contributed by atoms with Crippen LogP contribution in [-0.4, -0.2) is 19.5 Å². The van der Waals surface area contributed by atoms with E-state index < -0.39 is 10.0 Å². The highest BCUT2D eigenvalue weighted by Gasteiger charge is 2.27. The highest BCUT2D eigenvalue weighted by molar-refractivity contribution is 7.89. The molecule has 5 nitrogen and oxygen atoms in total. The van der Waals surface area contributed by atoms with Gasteiger partial charge in [0, 0.05) is 6.20 Å². The molecule has 1 aromatic rings. The molecule has 2 rings (SSSR count). The number of hydrogen-bond donors (Lipinski definition) is 1. The lowest BCUT2D eigenvalue weighted by Gasteiger charge is -2.32. The predicted octanol–water partition coefficient (Wildman–Crippen LogP) is 1.93. The van der Waals surface area contributed by atoms with Crippen LogP contribution in [0.1, 0.15) is 33.1 Å². The first-order valence-corrected chi connectivity index (χ1v) is 8.07. The Kier molecular flexibility index (Phi) is 4.10. The van der Waals surface area contributed by atoms with Crippen LogP contribution in [0.15, 0.2) is 23.2 Å². The van der Waals surface area contributed by atoms with Crippen LogP contribution in [0.25, 0.3) is 0 Å². The molecule has 1 aliphatic carbocycles. The first kappa shape index (κ1) is 14.3. The largest absolute Gasteiger partial charge is 0.473 e. The molecule has 1 aromatic heterocycles. The Labute approximate surface area is 114 Å². The molecule has 0 bridgehead atoms. The summed E-state index contributed by atoms with van der Waals surface area (Å²) in [6.07, 6.45) is 4.46. The summed E-state index contributed by atoms with van der Waals surface area (Å²) in [4.78, 5) is 3.96. The Morgan fingerprint density at radius 3 is 2.68 bits per heavy atom. The standard InChI is InChI=1S/C13H20N2O3S/c1-9-5-6-11(8-10(9)2)18-13-12(19(14,16)17)4-3-7-15-13/h3-4,7,9-11H,5-6,8H2,1-2H3,(H2,14,16,17). The van der Waals surface area contributed by atoms with E-state index in [0.717, 1.165) is 19.3 Å². The number of nitrogens with zero attached hydrogens (tertiary/aromatic N) is 1. The Morgan fingerprint density at radius 2 is 2.05 bits per heavy atom. The van der Waals surface area contributed by atoms with E-state index >= 15 is 0 Å². The van der Waals surface area contributed by atoms with E-state index in [1.165, 1.54) is 18.3 Å². The number of nitrogens with two attached hydrogens (primary N) is 1. The molecule has 0 aliphatic heterocycles. The molecule has 0 amide bonds. The number of aromatic nitrogens is 1. The Hall–Kier alpha value is -1.14. The fourth-order valence-corrected chi connectivity index (χ4v) is 3.06. The molecule has 2 N–H and O–H groups in total. The quantitative estimate of drug-likeness (QED) is 0.919. The van der Waals surface area contributed by atoms with E-state index in [2.05, 4.69) is 18.8 Å². The van der Waals surface area contributed by atoms with E-state index in [4.69, 9.17) is 9.88 Å². The molecule has 0 radical (unpaired) electrons. The molecule has 1 heterocycles. The average molecular weight is 284 g/mol. The second kappa shape index (κ2) is 5.46. The third-order valence-corrected chi connectivity index (χ3v) is 4.79. The molecule has 3 unspecified atom stereocenters. The molecule has 1 saturated carbocycles. The molecule has 0 saturated heterocycles. The highest BCUT2D eigenvalue weighted by atomic mass is 32.2. The summed E-state index contributed by atoms with van der Waals surface area (Å²) in [6, 6.07) is 2.96. The summed E-state index contributed by atoms with van der Waals surface area (Å²) in [5.74, 6) is 1.37. The van der Waals surface area contributed by atoms with Gasteiger partial charge in [0.25, 0.3) is 0 Å². The van der Waals surface area contributed by atoms with Gasteiger partial charge >= 0.3 is 0 Å². The average Bonchev–Trinajstić information content (AvgIpc) is 2.33. The van der Waals surface area contributed by atoms with Gasteiger partial charge in [0.2, 0.25) is 15.9 Å². The van der Waals surface area contributed by atoms with Crippen LogP contribution in [0.5, 0.6) is 5.88 Å². The van der Waals surface area contributed by atoms with Gasteiger partial charge in [0.1, 0.15) is 11.0 Å². The summed E-state index contributed by atoms with van der Waals surface area (Å²) >= 11 is 0. The zero-order valence-corrected chi connectivity index (χ0v) is 12.1. The Balaban J connectivity index is 2.16. The molecule has 6 heteroatoms. The number of sulfonamides is 1. The van der Waals surface area contributed by atoms with Gasteiger partial charge in [-0.1, -0.05) is 13.8 Å². The first-order valence-electron chi connectivity index (χ1n) is 6.52. The number of hydrogen-bond acceptors (Lipinski definition) is 4. The van der Waals surface area contributed by atoms with Gasteiger partial charge in [0.15, 0.2) is 0 Å². The minimum absolute atomic E-state index is 0.0154. The molecule has 106 valence electrons. The molecular weight excluding hydrogens is 264 g/mol. The van der Waals surface area contributed by atoms with Crippen LogP contribution in [0.4, 0.5) is 0 Å². The highest BCUT2D eigenvalue weighted by Crippen LogP contribution is 2.32. The fraction of sp³-hybridized carbons (Fsp3) is 0.615. The van der Waals surface area contributed by atoms with Crippen molar-refractivity contribution in [1.29, 1.82) is 0 Å². The van der Waals surface area contributed by atoms with Gasteiger partial charge < -0.3 is 4.74 Å². The van der Waals surface area contributed by atoms with Gasteiger partial charge in [-0.15, -0.1) is 0 Å². The van der Waals surface area contributed by atoms with Gasteiger partial charge in [-0.3, -0.25) is 0 Å². The van der Waals surface area contributed by atoms with Gasteiger partial charge in [-0.2, -0.15) is 0 Å². The van der Waals surface area contributed by atoms with E-state index in [1.807, 2.05) is 0 Å². The molecule has 1 fully saturated rings. The van der Waals surface area contributed by atoms with Crippen LogP contribution < -0.4 is 9.88 Å². The van der Waals surface area contributed by atoms with Crippen molar-refractivity contribution in [3.05, 3.63) is 18.3 Å². The lowest BCUT2D eigenvalue weighted by atomic mass is 9.80. The third kappa shape index (κ3) is 3.45. The maximum Gasteiger partial charge on any atom is 0.243 e. The number of rotatable bonds is 3. The molecular formula is C13H20N2O3S. The molecule has 3 atom stereocenters. The summed E-state index contributed by atoms with van der Waals surface area (Å²) in [5.41, 5.74) is 0. The Morgan fingerprint density at radius 1 is 1.32 bits per heavy atom. The van der Waals surface area contributed by atoms with Crippen LogP contribution in [0.2, 0.25) is 0 Å². The third-order valence-electron chi connectivity index (χ3n) is 3.87. The van der Waals surface area contributed by atoms with Gasteiger partial charge in [-0.25, -0.2) is 18.5 Å². The van der Waals surface area contributed by atoms with Crippen molar-refractivity contribution in [1.82, 2.24) is 4.98 Å². The van der Waals surface area contributed by atoms with Crippen molar-refractivity contribution in [3.8, 4) is 5.88 Å². The van der Waals surface area contributed by atoms with Crippen LogP contribution in [-0.2, 0) is 10.0 Å². The second-order valence-corrected chi connectivity index (χ2v) is 6.89. The maximum atomic E-state index is 11.5. The summed E-state index contributed by atoms with van der Waals surface area (Å²) < 4.78 is 28.7. The van der Waals surface area contributed by atoms with Crippen LogP contribution >= 0.6 is 0 Å². The number of ether oxygens (including phenoxy) is 1. The van der Waals surface area contributed by atoms with Gasteiger partial charge in [0.05, 0.1) is 0 Å². The smallest absolute Gasteiger partial charge is 0.243 e. The first-order chi connectivity index (χ1) is 8.88. The molecule has 0 aromatic carbocycles. The number of pyridine rings is 1. The lowest BCUT2D eigenvalue weighted by molar-refractivity contribution is 0.0935. The molecule has 0 spiro atoms. The predicted molar refractivity (Wildman–Crippen MR) is 72.2 cm³/mol. The second-order valence-electron chi connectivity index (χ2n) is 5.36. The van der Waals surface area contributed by atoms with Crippen LogP contribution in [0.3, 0.4) is 0 Å². The van der Waals surface area contributed by atoms with Crippen molar-refractivity contribution in [2.45, 2.75) is 44.1 Å². The summed E-state index contributed by atoms with van der Waals surface area (Å²) in [7, 11) is -3.80.